The van der Waals surface area contributed by atoms with E-state index in [2.05, 4.69) is 12.6 Å². The summed E-state index contributed by atoms with van der Waals surface area (Å²) in [6, 6.07) is 1.15. The first kappa shape index (κ1) is 10.5. The second kappa shape index (κ2) is 7.59. The maximum atomic E-state index is 5.01. The summed E-state index contributed by atoms with van der Waals surface area (Å²) in [6.07, 6.45) is 1.14. The van der Waals surface area contributed by atoms with Gasteiger partial charge >= 0.3 is 0 Å². The molecule has 60 valence electrons. The number of ether oxygens (including phenoxy) is 2. The number of hydrogen-bond acceptors (Lipinski definition) is 3. The maximum absolute atomic E-state index is 5.01. The highest BCUT2D eigenvalue weighted by Crippen LogP contribution is 1.96. The highest BCUT2D eigenvalue weighted by molar-refractivity contribution is 7.80. The first-order valence-corrected chi connectivity index (χ1v) is 5.16. The zero-order chi connectivity index (χ0) is 7.82. The lowest BCUT2D eigenvalue weighted by Gasteiger charge is -2.10. The second-order valence-corrected chi connectivity index (χ2v) is 3.66. The highest BCUT2D eigenvalue weighted by Gasteiger charge is 2.04. The largest absolute Gasteiger partial charge is 0.360 e. The van der Waals surface area contributed by atoms with Crippen LogP contribution in [-0.2, 0) is 9.47 Å². The molecule has 0 aliphatic heterocycles. The van der Waals surface area contributed by atoms with Gasteiger partial charge in [0.05, 0.1) is 0 Å². The molecule has 0 aromatic rings. The fraction of sp³-hybridized carbons (Fsp3) is 1.00. The molecule has 0 saturated carbocycles. The van der Waals surface area contributed by atoms with Crippen molar-refractivity contribution in [3.63, 3.8) is 0 Å². The number of methoxy groups -OCH3 is 2. The molecule has 0 saturated heterocycles. The van der Waals surface area contributed by atoms with Gasteiger partial charge < -0.3 is 9.47 Å². The summed E-state index contributed by atoms with van der Waals surface area (Å²) >= 11 is 4.10. The normalized spacial score (nSPS) is 10.8. The van der Waals surface area contributed by atoms with Crippen LogP contribution in [0.25, 0.3) is 0 Å². The van der Waals surface area contributed by atoms with Gasteiger partial charge in [0.15, 0.2) is 0 Å². The lowest BCUT2D eigenvalue weighted by atomic mass is 10.6. The minimum atomic E-state index is -0.000108. The van der Waals surface area contributed by atoms with E-state index in [1.807, 2.05) is 0 Å². The predicted molar refractivity (Wildman–Crippen MR) is 46.8 cm³/mol. The lowest BCUT2D eigenvalue weighted by Crippen LogP contribution is -2.20. The third-order valence-corrected chi connectivity index (χ3v) is 2.84. The second-order valence-electron chi connectivity index (χ2n) is 1.83. The van der Waals surface area contributed by atoms with Gasteiger partial charge in [-0.2, -0.15) is 12.6 Å². The fourth-order valence-corrected chi connectivity index (χ4v) is 1.97. The SMILES string of the molecule is COC(OC)[Si]CCCS. The summed E-state index contributed by atoms with van der Waals surface area (Å²) in [7, 11) is 4.07. The molecule has 0 aromatic carbocycles. The monoisotopic (exact) mass is 178 g/mol. The van der Waals surface area contributed by atoms with Crippen molar-refractivity contribution in [1.82, 2.24) is 0 Å². The van der Waals surface area contributed by atoms with Crippen molar-refractivity contribution in [1.29, 1.82) is 0 Å². The third-order valence-electron chi connectivity index (χ3n) is 1.07. The van der Waals surface area contributed by atoms with Crippen molar-refractivity contribution < 1.29 is 9.47 Å². The zero-order valence-electron chi connectivity index (χ0n) is 6.46. The van der Waals surface area contributed by atoms with Gasteiger partial charge in [-0.25, -0.2) is 0 Å². The number of rotatable bonds is 6. The van der Waals surface area contributed by atoms with E-state index in [1.165, 1.54) is 0 Å². The van der Waals surface area contributed by atoms with Gasteiger partial charge in [0.1, 0.15) is 15.4 Å². The van der Waals surface area contributed by atoms with Crippen molar-refractivity contribution in [2.75, 3.05) is 20.0 Å². The van der Waals surface area contributed by atoms with E-state index < -0.39 is 0 Å². The van der Waals surface area contributed by atoms with Crippen LogP contribution in [0.15, 0.2) is 0 Å². The summed E-state index contributed by atoms with van der Waals surface area (Å²) in [5, 5.41) is 0. The standard InChI is InChI=1S/C6H14O2SSi/c1-7-6(8-2)10-5-3-4-9/h6,9H,3-5H2,1-2H3. The van der Waals surface area contributed by atoms with E-state index in [0.29, 0.717) is 0 Å². The lowest BCUT2D eigenvalue weighted by molar-refractivity contribution is -0.0441. The van der Waals surface area contributed by atoms with Crippen LogP contribution in [0.2, 0.25) is 6.04 Å². The molecule has 0 aliphatic rings. The van der Waals surface area contributed by atoms with E-state index in [4.69, 9.17) is 9.47 Å². The minimum absolute atomic E-state index is 0.000108. The molecule has 0 bridgehead atoms. The van der Waals surface area contributed by atoms with E-state index >= 15 is 0 Å². The Kier molecular flexibility index (Phi) is 7.96. The van der Waals surface area contributed by atoms with Crippen LogP contribution >= 0.6 is 12.6 Å². The number of hydrogen-bond donors (Lipinski definition) is 1. The van der Waals surface area contributed by atoms with E-state index in [9.17, 15) is 0 Å². The molecule has 0 rings (SSSR count). The smallest absolute Gasteiger partial charge is 0.136 e. The van der Waals surface area contributed by atoms with Gasteiger partial charge in [0.2, 0.25) is 0 Å². The maximum Gasteiger partial charge on any atom is 0.136 e. The number of thiol groups is 1. The summed E-state index contributed by atoms with van der Waals surface area (Å²) in [6.45, 7) is 0. The molecule has 0 atom stereocenters. The van der Waals surface area contributed by atoms with Gasteiger partial charge in [0.25, 0.3) is 0 Å². The van der Waals surface area contributed by atoms with Crippen LogP contribution in [0, 0.1) is 0 Å². The van der Waals surface area contributed by atoms with Gasteiger partial charge in [-0.05, 0) is 12.2 Å². The predicted octanol–water partition coefficient (Wildman–Crippen LogP) is 1.01. The molecule has 0 heterocycles. The zero-order valence-corrected chi connectivity index (χ0v) is 8.36. The molecule has 0 aromatic heterocycles. The van der Waals surface area contributed by atoms with Crippen molar-refractivity contribution in [3.05, 3.63) is 0 Å². The quantitative estimate of drug-likeness (QED) is 0.283. The van der Waals surface area contributed by atoms with Crippen LogP contribution in [0.3, 0.4) is 0 Å². The topological polar surface area (TPSA) is 18.5 Å². The van der Waals surface area contributed by atoms with Crippen molar-refractivity contribution in [3.8, 4) is 0 Å². The van der Waals surface area contributed by atoms with Gasteiger partial charge in [-0.1, -0.05) is 6.04 Å². The van der Waals surface area contributed by atoms with E-state index in [0.717, 1.165) is 27.7 Å². The molecule has 10 heavy (non-hydrogen) atoms. The molecular formula is C6H14O2SSi. The van der Waals surface area contributed by atoms with Crippen LogP contribution in [0.1, 0.15) is 6.42 Å². The van der Waals surface area contributed by atoms with Crippen LogP contribution in [0.4, 0.5) is 0 Å². The van der Waals surface area contributed by atoms with Crippen LogP contribution < -0.4 is 0 Å². The molecule has 0 aliphatic carbocycles. The summed E-state index contributed by atoms with van der Waals surface area (Å²) < 4.78 is 10.0. The minimum Gasteiger partial charge on any atom is -0.360 e. The molecule has 0 N–H and O–H groups in total. The average Bonchev–Trinajstić information content (AvgIpc) is 1.99. The molecule has 2 radical (unpaired) electrons. The Hall–Kier alpha value is 0.487. The molecule has 2 nitrogen and oxygen atoms in total. The Morgan fingerprint density at radius 1 is 1.40 bits per heavy atom. The molecule has 4 heteroatoms. The van der Waals surface area contributed by atoms with Gasteiger partial charge in [0, 0.05) is 14.2 Å². The first-order chi connectivity index (χ1) is 4.85. The van der Waals surface area contributed by atoms with Crippen molar-refractivity contribution in [2.24, 2.45) is 0 Å². The van der Waals surface area contributed by atoms with Crippen LogP contribution in [-0.4, -0.2) is 35.4 Å². The molecular weight excluding hydrogens is 164 g/mol. The Morgan fingerprint density at radius 3 is 2.40 bits per heavy atom. The Bertz CT molecular complexity index is 68.8. The summed E-state index contributed by atoms with van der Waals surface area (Å²) in [5.41, 5.74) is 0. The Balaban J connectivity index is 3.09. The molecule has 0 spiro atoms. The van der Waals surface area contributed by atoms with Crippen molar-refractivity contribution in [2.45, 2.75) is 18.4 Å². The average molecular weight is 178 g/mol. The fourth-order valence-electron chi connectivity index (χ4n) is 0.562. The Morgan fingerprint density at radius 2 is 2.00 bits per heavy atom. The van der Waals surface area contributed by atoms with Crippen molar-refractivity contribution >= 4 is 22.1 Å². The molecule has 0 fully saturated rings. The summed E-state index contributed by atoms with van der Waals surface area (Å²) in [4.78, 5) is 0. The van der Waals surface area contributed by atoms with E-state index in [-0.39, 0.29) is 5.91 Å². The summed E-state index contributed by atoms with van der Waals surface area (Å²) in [5.74, 6) is 0.951. The van der Waals surface area contributed by atoms with Gasteiger partial charge in [-0.15, -0.1) is 0 Å². The third kappa shape index (κ3) is 5.29. The van der Waals surface area contributed by atoms with Gasteiger partial charge in [-0.3, -0.25) is 0 Å². The van der Waals surface area contributed by atoms with Crippen LogP contribution in [0.5, 0.6) is 0 Å². The Labute approximate surface area is 70.5 Å². The first-order valence-electron chi connectivity index (χ1n) is 3.25. The molecule has 0 amide bonds. The highest BCUT2D eigenvalue weighted by atomic mass is 32.1. The van der Waals surface area contributed by atoms with E-state index in [1.54, 1.807) is 14.2 Å². The molecule has 0 unspecified atom stereocenters.